The molecule has 0 aromatic heterocycles. The molecule has 1 rings (SSSR count). The molecule has 0 aromatic rings. The lowest BCUT2D eigenvalue weighted by molar-refractivity contribution is -0.126. The van der Waals surface area contributed by atoms with Crippen LogP contribution < -0.4 is 5.73 Å². The number of carbonyl (C=O) groups is 3. The average Bonchev–Trinajstić information content (AvgIpc) is 2.31. The summed E-state index contributed by atoms with van der Waals surface area (Å²) in [7, 11) is 1.56. The molecule has 1 heterocycles. The Morgan fingerprint density at radius 3 is 2.57 bits per heavy atom. The van der Waals surface area contributed by atoms with E-state index in [0.717, 1.165) is 4.90 Å². The topological polar surface area (TPSA) is 83.7 Å². The minimum Gasteiger partial charge on any atom is -0.370 e. The monoisotopic (exact) mass is 199 g/mol. The first kappa shape index (κ1) is 10.5. The van der Waals surface area contributed by atoms with E-state index in [1.165, 1.54) is 4.90 Å². The van der Waals surface area contributed by atoms with Crippen LogP contribution in [-0.4, -0.2) is 47.8 Å². The van der Waals surface area contributed by atoms with Gasteiger partial charge in [0.25, 0.3) is 0 Å². The number of likely N-dealkylation sites (N-methyl/N-ethyl adjacent to an activating group) is 1. The fourth-order valence-electron chi connectivity index (χ4n) is 1.30. The highest BCUT2D eigenvalue weighted by atomic mass is 16.2. The standard InChI is InChI=1S/C8H13N3O3/c1-10-5-7(13)11(8(10)14)4-2-3-6(9)12/h2-5H2,1H3,(H2,9,12). The van der Waals surface area contributed by atoms with Gasteiger partial charge in [0.15, 0.2) is 0 Å². The smallest absolute Gasteiger partial charge is 0.326 e. The zero-order valence-corrected chi connectivity index (χ0v) is 8.02. The quantitative estimate of drug-likeness (QED) is 0.598. The Hall–Kier alpha value is -1.59. The summed E-state index contributed by atoms with van der Waals surface area (Å²) in [5, 5.41) is 0. The number of nitrogens with two attached hydrogens (primary N) is 1. The van der Waals surface area contributed by atoms with Crippen molar-refractivity contribution in [2.75, 3.05) is 20.1 Å². The molecular formula is C8H13N3O3. The maximum Gasteiger partial charge on any atom is 0.326 e. The van der Waals surface area contributed by atoms with Crippen molar-refractivity contribution in [1.29, 1.82) is 0 Å². The number of nitrogens with zero attached hydrogens (tertiary/aromatic N) is 2. The van der Waals surface area contributed by atoms with Gasteiger partial charge in [0.1, 0.15) is 6.54 Å². The molecule has 0 radical (unpaired) electrons. The van der Waals surface area contributed by atoms with Crippen molar-refractivity contribution in [2.24, 2.45) is 5.73 Å². The first-order valence-corrected chi connectivity index (χ1v) is 4.36. The predicted molar refractivity (Wildman–Crippen MR) is 48.2 cm³/mol. The third kappa shape index (κ3) is 2.21. The molecule has 0 bridgehead atoms. The van der Waals surface area contributed by atoms with E-state index in [-0.39, 0.29) is 31.4 Å². The Balaban J connectivity index is 2.41. The number of urea groups is 1. The van der Waals surface area contributed by atoms with Gasteiger partial charge in [-0.1, -0.05) is 0 Å². The van der Waals surface area contributed by atoms with Gasteiger partial charge in [-0.2, -0.15) is 0 Å². The Morgan fingerprint density at radius 1 is 1.50 bits per heavy atom. The van der Waals surface area contributed by atoms with Gasteiger partial charge in [-0.15, -0.1) is 0 Å². The molecule has 4 amide bonds. The van der Waals surface area contributed by atoms with Crippen LogP contribution in [0, 0.1) is 0 Å². The number of rotatable bonds is 4. The number of carbonyl (C=O) groups excluding carboxylic acids is 3. The highest BCUT2D eigenvalue weighted by Crippen LogP contribution is 2.08. The van der Waals surface area contributed by atoms with Gasteiger partial charge in [-0.3, -0.25) is 14.5 Å². The molecule has 1 aliphatic heterocycles. The van der Waals surface area contributed by atoms with Gasteiger partial charge in [-0.25, -0.2) is 4.79 Å². The largest absolute Gasteiger partial charge is 0.370 e. The van der Waals surface area contributed by atoms with Crippen LogP contribution >= 0.6 is 0 Å². The summed E-state index contributed by atoms with van der Waals surface area (Å²) in [4.78, 5) is 35.4. The number of amides is 4. The zero-order chi connectivity index (χ0) is 10.7. The summed E-state index contributed by atoms with van der Waals surface area (Å²) in [5.41, 5.74) is 4.94. The minimum atomic E-state index is -0.419. The molecule has 1 fully saturated rings. The number of hydrogen-bond donors (Lipinski definition) is 1. The lowest BCUT2D eigenvalue weighted by Gasteiger charge is -2.12. The normalized spacial score (nSPS) is 16.6. The third-order valence-corrected chi connectivity index (χ3v) is 2.04. The van der Waals surface area contributed by atoms with Crippen molar-refractivity contribution in [3.8, 4) is 0 Å². The van der Waals surface area contributed by atoms with Gasteiger partial charge < -0.3 is 10.6 Å². The molecule has 6 nitrogen and oxygen atoms in total. The molecule has 1 saturated heterocycles. The molecule has 0 aromatic carbocycles. The molecule has 2 N–H and O–H groups in total. The molecule has 0 aliphatic carbocycles. The molecule has 0 unspecified atom stereocenters. The van der Waals surface area contributed by atoms with Crippen molar-refractivity contribution in [2.45, 2.75) is 12.8 Å². The molecular weight excluding hydrogens is 186 g/mol. The maximum absolute atomic E-state index is 11.3. The first-order valence-electron chi connectivity index (χ1n) is 4.36. The fraction of sp³-hybridized carbons (Fsp3) is 0.625. The SMILES string of the molecule is CN1CC(=O)N(CCCC(N)=O)C1=O. The summed E-state index contributed by atoms with van der Waals surface area (Å²) in [5.74, 6) is -0.639. The van der Waals surface area contributed by atoms with Gasteiger partial charge in [0.2, 0.25) is 11.8 Å². The number of imide groups is 1. The van der Waals surface area contributed by atoms with Crippen LogP contribution in [-0.2, 0) is 9.59 Å². The third-order valence-electron chi connectivity index (χ3n) is 2.04. The first-order chi connectivity index (χ1) is 6.52. The van der Waals surface area contributed by atoms with Crippen LogP contribution in [0.25, 0.3) is 0 Å². The second-order valence-corrected chi connectivity index (χ2v) is 3.25. The summed E-state index contributed by atoms with van der Waals surface area (Å²) in [6.45, 7) is 0.389. The van der Waals surface area contributed by atoms with Crippen molar-refractivity contribution < 1.29 is 14.4 Å². The second-order valence-electron chi connectivity index (χ2n) is 3.25. The van der Waals surface area contributed by atoms with E-state index in [1.54, 1.807) is 7.05 Å². The van der Waals surface area contributed by atoms with Crippen LogP contribution in [0.1, 0.15) is 12.8 Å². The highest BCUT2D eigenvalue weighted by Gasteiger charge is 2.32. The van der Waals surface area contributed by atoms with E-state index in [2.05, 4.69) is 0 Å². The van der Waals surface area contributed by atoms with Gasteiger partial charge in [0.05, 0.1) is 0 Å². The van der Waals surface area contributed by atoms with Crippen LogP contribution in [0.4, 0.5) is 4.79 Å². The van der Waals surface area contributed by atoms with E-state index < -0.39 is 5.91 Å². The Bertz CT molecular complexity index is 277. The Kier molecular flexibility index (Phi) is 3.06. The second kappa shape index (κ2) is 4.08. The van der Waals surface area contributed by atoms with E-state index in [1.807, 2.05) is 0 Å². The molecule has 0 saturated carbocycles. The summed E-state index contributed by atoms with van der Waals surface area (Å²) in [6.07, 6.45) is 0.626. The molecule has 1 aliphatic rings. The van der Waals surface area contributed by atoms with Crippen molar-refractivity contribution in [3.63, 3.8) is 0 Å². The molecule has 0 spiro atoms. The van der Waals surface area contributed by atoms with E-state index in [0.29, 0.717) is 6.42 Å². The lowest BCUT2D eigenvalue weighted by Crippen LogP contribution is -2.33. The van der Waals surface area contributed by atoms with Crippen molar-refractivity contribution in [3.05, 3.63) is 0 Å². The maximum atomic E-state index is 11.3. The van der Waals surface area contributed by atoms with Crippen LogP contribution in [0.5, 0.6) is 0 Å². The van der Waals surface area contributed by atoms with Crippen molar-refractivity contribution >= 4 is 17.8 Å². The summed E-state index contributed by atoms with van der Waals surface area (Å²) in [6, 6.07) is -0.306. The van der Waals surface area contributed by atoms with Crippen LogP contribution in [0.15, 0.2) is 0 Å². The predicted octanol–water partition coefficient (Wildman–Crippen LogP) is -0.854. The summed E-state index contributed by atoms with van der Waals surface area (Å²) < 4.78 is 0. The fourth-order valence-corrected chi connectivity index (χ4v) is 1.30. The Morgan fingerprint density at radius 2 is 2.14 bits per heavy atom. The Labute approximate surface area is 81.6 Å². The zero-order valence-electron chi connectivity index (χ0n) is 8.02. The molecule has 78 valence electrons. The van der Waals surface area contributed by atoms with Gasteiger partial charge >= 0.3 is 6.03 Å². The van der Waals surface area contributed by atoms with E-state index in [4.69, 9.17) is 5.73 Å². The van der Waals surface area contributed by atoms with E-state index in [9.17, 15) is 14.4 Å². The summed E-state index contributed by atoms with van der Waals surface area (Å²) >= 11 is 0. The van der Waals surface area contributed by atoms with E-state index >= 15 is 0 Å². The average molecular weight is 199 g/mol. The molecule has 14 heavy (non-hydrogen) atoms. The highest BCUT2D eigenvalue weighted by molar-refractivity contribution is 6.01. The lowest BCUT2D eigenvalue weighted by atomic mass is 10.3. The molecule has 6 heteroatoms. The van der Waals surface area contributed by atoms with Crippen LogP contribution in [0.2, 0.25) is 0 Å². The van der Waals surface area contributed by atoms with Crippen LogP contribution in [0.3, 0.4) is 0 Å². The van der Waals surface area contributed by atoms with Gasteiger partial charge in [-0.05, 0) is 6.42 Å². The number of primary amides is 1. The number of hydrogen-bond acceptors (Lipinski definition) is 3. The van der Waals surface area contributed by atoms with Gasteiger partial charge in [0, 0.05) is 20.0 Å². The molecule has 0 atom stereocenters. The van der Waals surface area contributed by atoms with Crippen molar-refractivity contribution in [1.82, 2.24) is 9.80 Å². The minimum absolute atomic E-state index is 0.120.